The van der Waals surface area contributed by atoms with E-state index in [9.17, 15) is 0 Å². The predicted molar refractivity (Wildman–Crippen MR) is 127 cm³/mol. The Kier molecular flexibility index (Phi) is 5.13. The fourth-order valence-electron chi connectivity index (χ4n) is 4.01. The monoisotopic (exact) mass is 481 g/mol. The molecule has 5 rings (SSSR count). The Bertz CT molecular complexity index is 1200. The van der Waals surface area contributed by atoms with Gasteiger partial charge in [0.1, 0.15) is 11.5 Å². The van der Waals surface area contributed by atoms with Crippen molar-refractivity contribution < 1.29 is 0 Å². The average Bonchev–Trinajstić information content (AvgIpc) is 3.11. The Balaban J connectivity index is 1.40. The number of anilines is 2. The summed E-state index contributed by atoms with van der Waals surface area (Å²) in [6.45, 7) is 5.81. The summed E-state index contributed by atoms with van der Waals surface area (Å²) in [5.74, 6) is 1.02. The number of benzene rings is 1. The van der Waals surface area contributed by atoms with Crippen molar-refractivity contribution in [2.45, 2.75) is 6.92 Å². The lowest BCUT2D eigenvalue weighted by molar-refractivity contribution is 0.647. The first-order valence-electron chi connectivity index (χ1n) is 9.95. The van der Waals surface area contributed by atoms with Gasteiger partial charge in [0.25, 0.3) is 0 Å². The van der Waals surface area contributed by atoms with Crippen molar-refractivity contribution in [1.29, 1.82) is 0 Å². The third kappa shape index (κ3) is 3.55. The molecule has 0 amide bonds. The van der Waals surface area contributed by atoms with Gasteiger partial charge in [-0.15, -0.1) is 0 Å². The van der Waals surface area contributed by atoms with Gasteiger partial charge in [-0.05, 0) is 65.3 Å². The van der Waals surface area contributed by atoms with Crippen LogP contribution in [0.1, 0.15) is 5.69 Å². The zero-order valence-corrected chi connectivity index (χ0v) is 18.9. The van der Waals surface area contributed by atoms with Crippen LogP contribution in [0.25, 0.3) is 16.9 Å². The average molecular weight is 483 g/mol. The van der Waals surface area contributed by atoms with Crippen LogP contribution in [0.15, 0.2) is 65.4 Å². The highest BCUT2D eigenvalue weighted by atomic mass is 79.9. The molecule has 0 N–H and O–H groups in total. The van der Waals surface area contributed by atoms with Crippen molar-refractivity contribution in [3.63, 3.8) is 0 Å². The second-order valence-corrected chi connectivity index (χ2v) is 8.77. The van der Waals surface area contributed by atoms with Crippen LogP contribution in [0, 0.1) is 6.92 Å². The molecule has 0 radical (unpaired) electrons. The summed E-state index contributed by atoms with van der Waals surface area (Å²) >= 11 is 10.0. The molecule has 7 heteroatoms. The molecular weight excluding hydrogens is 462 g/mol. The van der Waals surface area contributed by atoms with Crippen molar-refractivity contribution in [2.75, 3.05) is 36.0 Å². The molecule has 0 unspecified atom stereocenters. The molecule has 1 saturated heterocycles. The lowest BCUT2D eigenvalue weighted by Crippen LogP contribution is -2.46. The molecule has 0 bridgehead atoms. The van der Waals surface area contributed by atoms with Crippen molar-refractivity contribution >= 4 is 44.7 Å². The lowest BCUT2D eigenvalue weighted by atomic mass is 10.1. The third-order valence-electron chi connectivity index (χ3n) is 5.65. The van der Waals surface area contributed by atoms with Crippen LogP contribution in [-0.4, -0.2) is 40.5 Å². The van der Waals surface area contributed by atoms with Gasteiger partial charge in [-0.25, -0.2) is 9.97 Å². The molecule has 0 aliphatic carbocycles. The van der Waals surface area contributed by atoms with E-state index in [2.05, 4.69) is 60.2 Å². The molecule has 4 aromatic rings. The second kappa shape index (κ2) is 7.93. The van der Waals surface area contributed by atoms with Gasteiger partial charge in [0, 0.05) is 60.0 Å². The number of rotatable bonds is 3. The Labute approximate surface area is 189 Å². The number of imidazole rings is 1. The maximum Gasteiger partial charge on any atom is 0.137 e. The topological polar surface area (TPSA) is 36.7 Å². The van der Waals surface area contributed by atoms with Gasteiger partial charge in [0.15, 0.2) is 0 Å². The molecule has 1 aromatic carbocycles. The molecule has 0 spiro atoms. The highest BCUT2D eigenvalue weighted by molar-refractivity contribution is 9.10. The SMILES string of the molecule is Cc1c(-c2cc(N3CCN(c4ccc(Br)cn4)CC3)ccc2Cl)nc2ccccn12. The molecule has 152 valence electrons. The zero-order chi connectivity index (χ0) is 20.7. The number of aryl methyl sites for hydroxylation is 1. The van der Waals surface area contributed by atoms with E-state index in [1.807, 2.05) is 42.7 Å². The van der Waals surface area contributed by atoms with Gasteiger partial charge in [-0.2, -0.15) is 0 Å². The van der Waals surface area contributed by atoms with E-state index in [1.165, 1.54) is 5.69 Å². The molecule has 1 fully saturated rings. The van der Waals surface area contributed by atoms with Gasteiger partial charge in [-0.3, -0.25) is 0 Å². The van der Waals surface area contributed by atoms with Crippen LogP contribution in [0.3, 0.4) is 0 Å². The van der Waals surface area contributed by atoms with E-state index >= 15 is 0 Å². The molecule has 3 aromatic heterocycles. The van der Waals surface area contributed by atoms with Gasteiger partial charge >= 0.3 is 0 Å². The van der Waals surface area contributed by atoms with Crippen molar-refractivity contribution in [1.82, 2.24) is 14.4 Å². The highest BCUT2D eigenvalue weighted by Gasteiger charge is 2.20. The summed E-state index contributed by atoms with van der Waals surface area (Å²) in [5, 5.41) is 0.725. The second-order valence-electron chi connectivity index (χ2n) is 7.45. The summed E-state index contributed by atoms with van der Waals surface area (Å²) in [6, 6.07) is 16.4. The molecular formula is C23H21BrClN5. The Morgan fingerprint density at radius 1 is 0.967 bits per heavy atom. The smallest absolute Gasteiger partial charge is 0.137 e. The molecule has 0 atom stereocenters. The van der Waals surface area contributed by atoms with Gasteiger partial charge in [0.05, 0.1) is 10.7 Å². The number of piperazine rings is 1. The van der Waals surface area contributed by atoms with Crippen LogP contribution in [0.2, 0.25) is 5.02 Å². The lowest BCUT2D eigenvalue weighted by Gasteiger charge is -2.37. The van der Waals surface area contributed by atoms with Gasteiger partial charge in [0.2, 0.25) is 0 Å². The van der Waals surface area contributed by atoms with Crippen molar-refractivity contribution in [2.24, 2.45) is 0 Å². The molecule has 5 nitrogen and oxygen atoms in total. The molecule has 30 heavy (non-hydrogen) atoms. The quantitative estimate of drug-likeness (QED) is 0.389. The van der Waals surface area contributed by atoms with Gasteiger partial charge < -0.3 is 14.2 Å². The Morgan fingerprint density at radius 3 is 2.50 bits per heavy atom. The number of halogens is 2. The maximum atomic E-state index is 6.60. The fourth-order valence-corrected chi connectivity index (χ4v) is 4.46. The first-order valence-corrected chi connectivity index (χ1v) is 11.1. The van der Waals surface area contributed by atoms with E-state index in [1.54, 1.807) is 0 Å². The molecule has 1 aliphatic heterocycles. The molecule has 0 saturated carbocycles. The number of fused-ring (bicyclic) bond motifs is 1. The summed E-state index contributed by atoms with van der Waals surface area (Å²) in [7, 11) is 0. The van der Waals surface area contributed by atoms with Crippen LogP contribution >= 0.6 is 27.5 Å². The van der Waals surface area contributed by atoms with Gasteiger partial charge in [-0.1, -0.05) is 17.7 Å². The van der Waals surface area contributed by atoms with E-state index in [4.69, 9.17) is 16.6 Å². The standard InChI is InChI=1S/C23H21BrClN5/c1-16-23(27-22-4-2-3-9-30(16)22)19-14-18(6-7-20(19)25)28-10-12-29(13-11-28)21-8-5-17(24)15-26-21/h2-9,14-15H,10-13H2,1H3. The van der Waals surface area contributed by atoms with Crippen LogP contribution < -0.4 is 9.80 Å². The number of nitrogens with zero attached hydrogens (tertiary/aromatic N) is 5. The first kappa shape index (κ1) is 19.4. The molecule has 1 aliphatic rings. The predicted octanol–water partition coefficient (Wildman–Crippen LogP) is 5.45. The fraction of sp³-hybridized carbons (Fsp3) is 0.217. The van der Waals surface area contributed by atoms with Crippen molar-refractivity contribution in [3.8, 4) is 11.3 Å². The molecule has 4 heterocycles. The Hall–Kier alpha value is -2.57. The van der Waals surface area contributed by atoms with Crippen LogP contribution in [0.4, 0.5) is 11.5 Å². The Morgan fingerprint density at radius 2 is 1.77 bits per heavy atom. The minimum atomic E-state index is 0.725. The van der Waals surface area contributed by atoms with Crippen molar-refractivity contribution in [3.05, 3.63) is 76.1 Å². The summed E-state index contributed by atoms with van der Waals surface area (Å²) in [4.78, 5) is 14.1. The highest BCUT2D eigenvalue weighted by Crippen LogP contribution is 2.34. The van der Waals surface area contributed by atoms with E-state index in [-0.39, 0.29) is 0 Å². The summed E-state index contributed by atoms with van der Waals surface area (Å²) < 4.78 is 3.10. The zero-order valence-electron chi connectivity index (χ0n) is 16.6. The summed E-state index contributed by atoms with van der Waals surface area (Å²) in [5.41, 5.74) is 5.12. The van der Waals surface area contributed by atoms with Crippen LogP contribution in [0.5, 0.6) is 0 Å². The van der Waals surface area contributed by atoms with E-state index in [0.29, 0.717) is 0 Å². The third-order valence-corrected chi connectivity index (χ3v) is 6.45. The largest absolute Gasteiger partial charge is 0.368 e. The minimum absolute atomic E-state index is 0.725. The summed E-state index contributed by atoms with van der Waals surface area (Å²) in [6.07, 6.45) is 3.89. The minimum Gasteiger partial charge on any atom is -0.368 e. The van der Waals surface area contributed by atoms with E-state index < -0.39 is 0 Å². The van der Waals surface area contributed by atoms with Crippen LogP contribution in [-0.2, 0) is 0 Å². The normalized spacial score (nSPS) is 14.5. The number of pyridine rings is 2. The number of hydrogen-bond acceptors (Lipinski definition) is 4. The number of hydrogen-bond donors (Lipinski definition) is 0. The first-order chi connectivity index (χ1) is 14.6. The number of aromatic nitrogens is 3. The van der Waals surface area contributed by atoms with E-state index in [0.717, 1.165) is 64.1 Å². The maximum absolute atomic E-state index is 6.60.